The van der Waals surface area contributed by atoms with Gasteiger partial charge in [-0.15, -0.1) is 0 Å². The van der Waals surface area contributed by atoms with Crippen molar-refractivity contribution in [3.63, 3.8) is 0 Å². The van der Waals surface area contributed by atoms with Crippen molar-refractivity contribution < 1.29 is 9.84 Å². The minimum absolute atomic E-state index is 0.0568. The molecule has 0 radical (unpaired) electrons. The van der Waals surface area contributed by atoms with Crippen molar-refractivity contribution in [2.75, 3.05) is 7.11 Å². The molecule has 0 bridgehead atoms. The van der Waals surface area contributed by atoms with Crippen LogP contribution in [-0.2, 0) is 18.3 Å². The van der Waals surface area contributed by atoms with Gasteiger partial charge in [0.25, 0.3) is 0 Å². The van der Waals surface area contributed by atoms with Gasteiger partial charge in [0.2, 0.25) is 5.88 Å². The van der Waals surface area contributed by atoms with Crippen LogP contribution < -0.4 is 4.74 Å². The Morgan fingerprint density at radius 3 is 2.57 bits per heavy atom. The van der Waals surface area contributed by atoms with Crippen molar-refractivity contribution in [2.24, 2.45) is 0 Å². The van der Waals surface area contributed by atoms with E-state index in [4.69, 9.17) is 10.00 Å². The number of hydrogen-bond acceptors (Lipinski definition) is 5. The Labute approximate surface area is 164 Å². The molecule has 3 rings (SSSR count). The van der Waals surface area contributed by atoms with Gasteiger partial charge in [-0.3, -0.25) is 0 Å². The largest absolute Gasteiger partial charge is 0.507 e. The van der Waals surface area contributed by atoms with Gasteiger partial charge in [0.05, 0.1) is 29.7 Å². The van der Waals surface area contributed by atoms with Gasteiger partial charge in [0, 0.05) is 10.9 Å². The Morgan fingerprint density at radius 2 is 1.93 bits per heavy atom. The molecule has 1 atom stereocenters. The average Bonchev–Trinajstić information content (AvgIpc) is 2.73. The summed E-state index contributed by atoms with van der Waals surface area (Å²) in [5.74, 6) is 0.543. The van der Waals surface area contributed by atoms with Crippen LogP contribution in [0.4, 0.5) is 0 Å². The van der Waals surface area contributed by atoms with Crippen molar-refractivity contribution in [1.82, 2.24) is 4.98 Å². The molecule has 0 saturated heterocycles. The second kappa shape index (κ2) is 7.58. The first-order valence-corrected chi connectivity index (χ1v) is 9.05. The first-order chi connectivity index (χ1) is 13.4. The maximum Gasteiger partial charge on any atom is 0.216 e. The van der Waals surface area contributed by atoms with Gasteiger partial charge >= 0.3 is 0 Å². The Bertz CT molecular complexity index is 1130. The van der Waals surface area contributed by atoms with E-state index in [-0.39, 0.29) is 11.3 Å². The molecule has 140 valence electrons. The number of rotatable bonds is 5. The summed E-state index contributed by atoms with van der Waals surface area (Å²) in [4.78, 5) is 4.61. The zero-order chi connectivity index (χ0) is 20.3. The fraction of sp³-hybridized carbons (Fsp3) is 0.261. The van der Waals surface area contributed by atoms with Crippen LogP contribution in [-0.4, -0.2) is 17.2 Å². The summed E-state index contributed by atoms with van der Waals surface area (Å²) in [7, 11) is 1.61. The number of nitrogens with zero attached hydrogens (tertiary/aromatic N) is 3. The Hall–Kier alpha value is -3.57. The average molecular weight is 371 g/mol. The smallest absolute Gasteiger partial charge is 0.216 e. The Balaban J connectivity index is 2.05. The summed E-state index contributed by atoms with van der Waals surface area (Å²) in [6.07, 6.45) is 1.24. The van der Waals surface area contributed by atoms with Crippen LogP contribution in [0.25, 0.3) is 10.9 Å². The molecular formula is C23H21N3O2. The molecule has 0 amide bonds. The molecule has 0 fully saturated rings. The number of fused-ring (bicyclic) bond motifs is 1. The molecule has 0 aliphatic rings. The van der Waals surface area contributed by atoms with Crippen LogP contribution in [0.5, 0.6) is 11.6 Å². The number of benzene rings is 2. The first kappa shape index (κ1) is 19.2. The first-order valence-electron chi connectivity index (χ1n) is 9.05. The molecule has 0 saturated carbocycles. The number of nitriles is 2. The standard InChI is InChI=1S/C23H21N3O2/c1-4-16-10-17-6-7-19(11-20(17)26-22(16)28-3)23(2,14-25)12-15-5-8-21(27)18(9-15)13-24/h5-11,27H,4,12H2,1-3H3. The van der Waals surface area contributed by atoms with Crippen LogP contribution in [0, 0.1) is 22.7 Å². The number of hydrogen-bond donors (Lipinski definition) is 1. The molecule has 0 aliphatic carbocycles. The lowest BCUT2D eigenvalue weighted by atomic mass is 9.78. The van der Waals surface area contributed by atoms with Gasteiger partial charge in [-0.25, -0.2) is 4.98 Å². The molecule has 2 aromatic carbocycles. The lowest BCUT2D eigenvalue weighted by molar-refractivity contribution is 0.395. The SMILES string of the molecule is CCc1cc2ccc(C(C)(C#N)Cc3ccc(O)c(C#N)c3)cc2nc1OC. The third-order valence-electron chi connectivity index (χ3n) is 5.05. The van der Waals surface area contributed by atoms with Crippen molar-refractivity contribution in [3.8, 4) is 23.8 Å². The van der Waals surface area contributed by atoms with E-state index in [9.17, 15) is 10.4 Å². The summed E-state index contributed by atoms with van der Waals surface area (Å²) in [5.41, 5.74) is 2.86. The van der Waals surface area contributed by atoms with Gasteiger partial charge in [-0.1, -0.05) is 25.1 Å². The van der Waals surface area contributed by atoms with Crippen molar-refractivity contribution in [1.29, 1.82) is 10.5 Å². The monoisotopic (exact) mass is 371 g/mol. The number of phenols is 1. The highest BCUT2D eigenvalue weighted by atomic mass is 16.5. The summed E-state index contributed by atoms with van der Waals surface area (Å²) in [5, 5.41) is 29.8. The fourth-order valence-electron chi connectivity index (χ4n) is 3.36. The van der Waals surface area contributed by atoms with Crippen LogP contribution in [0.15, 0.2) is 42.5 Å². The van der Waals surface area contributed by atoms with E-state index >= 15 is 0 Å². The molecule has 3 aromatic rings. The topological polar surface area (TPSA) is 89.9 Å². The second-order valence-corrected chi connectivity index (χ2v) is 7.00. The lowest BCUT2D eigenvalue weighted by Crippen LogP contribution is -2.23. The Morgan fingerprint density at radius 1 is 1.14 bits per heavy atom. The quantitative estimate of drug-likeness (QED) is 0.717. The molecule has 28 heavy (non-hydrogen) atoms. The molecule has 0 spiro atoms. The van der Waals surface area contributed by atoms with Crippen LogP contribution in [0.1, 0.15) is 36.1 Å². The number of phenolic OH excluding ortho intramolecular Hbond substituents is 1. The normalized spacial score (nSPS) is 12.8. The highest BCUT2D eigenvalue weighted by molar-refractivity contribution is 5.81. The van der Waals surface area contributed by atoms with Crippen LogP contribution in [0.2, 0.25) is 0 Å². The van der Waals surface area contributed by atoms with E-state index in [0.717, 1.165) is 34.0 Å². The summed E-state index contributed by atoms with van der Waals surface area (Å²) in [6.45, 7) is 3.92. The molecule has 1 unspecified atom stereocenters. The zero-order valence-electron chi connectivity index (χ0n) is 16.2. The number of ether oxygens (including phenoxy) is 1. The van der Waals surface area contributed by atoms with Gasteiger partial charge in [0.15, 0.2) is 0 Å². The molecule has 5 heteroatoms. The highest BCUT2D eigenvalue weighted by Gasteiger charge is 2.28. The van der Waals surface area contributed by atoms with Gasteiger partial charge in [-0.2, -0.15) is 10.5 Å². The maximum absolute atomic E-state index is 9.93. The number of aromatic hydroxyl groups is 1. The van der Waals surface area contributed by atoms with E-state index in [1.165, 1.54) is 6.07 Å². The number of pyridine rings is 1. The summed E-state index contributed by atoms with van der Waals surface area (Å²) < 4.78 is 5.40. The van der Waals surface area contributed by atoms with E-state index in [1.54, 1.807) is 19.2 Å². The second-order valence-electron chi connectivity index (χ2n) is 7.00. The van der Waals surface area contributed by atoms with E-state index in [0.29, 0.717) is 12.3 Å². The molecule has 1 aromatic heterocycles. The maximum atomic E-state index is 9.93. The predicted molar refractivity (Wildman–Crippen MR) is 107 cm³/mol. The molecule has 0 aliphatic heterocycles. The number of aryl methyl sites for hydroxylation is 1. The zero-order valence-corrected chi connectivity index (χ0v) is 16.2. The minimum Gasteiger partial charge on any atom is -0.507 e. The highest BCUT2D eigenvalue weighted by Crippen LogP contribution is 2.32. The van der Waals surface area contributed by atoms with Gasteiger partial charge in [0.1, 0.15) is 11.8 Å². The summed E-state index contributed by atoms with van der Waals surface area (Å²) >= 11 is 0. The van der Waals surface area contributed by atoms with Crippen molar-refractivity contribution >= 4 is 10.9 Å². The van der Waals surface area contributed by atoms with E-state index in [1.807, 2.05) is 31.2 Å². The van der Waals surface area contributed by atoms with Crippen LogP contribution >= 0.6 is 0 Å². The van der Waals surface area contributed by atoms with E-state index < -0.39 is 5.41 Å². The number of aromatic nitrogens is 1. The lowest BCUT2D eigenvalue weighted by Gasteiger charge is -2.23. The molecule has 5 nitrogen and oxygen atoms in total. The van der Waals surface area contributed by atoms with E-state index in [2.05, 4.69) is 24.0 Å². The molecular weight excluding hydrogens is 350 g/mol. The summed E-state index contributed by atoms with van der Waals surface area (Å²) in [6, 6.07) is 17.1. The van der Waals surface area contributed by atoms with Crippen molar-refractivity contribution in [2.45, 2.75) is 32.1 Å². The van der Waals surface area contributed by atoms with Crippen molar-refractivity contribution in [3.05, 3.63) is 64.7 Å². The third kappa shape index (κ3) is 3.48. The molecule has 1 N–H and O–H groups in total. The predicted octanol–water partition coefficient (Wildman–Crippen LogP) is 4.41. The molecule has 1 heterocycles. The van der Waals surface area contributed by atoms with Crippen LogP contribution in [0.3, 0.4) is 0 Å². The number of methoxy groups -OCH3 is 1. The third-order valence-corrected chi connectivity index (χ3v) is 5.05. The Kier molecular flexibility index (Phi) is 5.20. The fourth-order valence-corrected chi connectivity index (χ4v) is 3.36. The van der Waals surface area contributed by atoms with Gasteiger partial charge < -0.3 is 9.84 Å². The minimum atomic E-state index is -0.809. The van der Waals surface area contributed by atoms with Gasteiger partial charge in [-0.05, 0) is 55.2 Å².